The molecule has 0 saturated heterocycles. The molecular weight excluding hydrogens is 545 g/mol. The molecule has 1 heterocycles. The molecule has 0 unspecified atom stereocenters. The van der Waals surface area contributed by atoms with E-state index < -0.39 is 0 Å². The molecule has 10 heteroatoms. The Balaban J connectivity index is -0.00000168. The molecule has 1 aliphatic heterocycles. The Kier molecular flexibility index (Phi) is 18.8. The first-order valence-electron chi connectivity index (χ1n) is 9.99. The third kappa shape index (κ3) is 7.63. The Labute approximate surface area is 228 Å². The fraction of sp³-hybridized carbons (Fsp3) is 0.455. The van der Waals surface area contributed by atoms with Gasteiger partial charge in [-0.2, -0.15) is 0 Å². The third-order valence-corrected chi connectivity index (χ3v) is 4.98. The topological polar surface area (TPSA) is 41.5 Å². The number of aromatic nitrogens is 1. The zero-order valence-corrected chi connectivity index (χ0v) is 25.3. The van der Waals surface area contributed by atoms with Crippen molar-refractivity contribution in [1.29, 1.82) is 0 Å². The summed E-state index contributed by atoms with van der Waals surface area (Å²) in [5.41, 5.74) is 3.47. The average Bonchev–Trinajstić information content (AvgIpc) is 2.69. The summed E-state index contributed by atoms with van der Waals surface area (Å²) >= 11 is 0. The molecule has 0 atom stereocenters. The molecule has 32 heavy (non-hydrogen) atoms. The molecule has 0 fully saturated rings. The summed E-state index contributed by atoms with van der Waals surface area (Å²) in [6.07, 6.45) is 0. The third-order valence-electron chi connectivity index (χ3n) is 4.98. The van der Waals surface area contributed by atoms with Crippen LogP contribution in [0.25, 0.3) is 22.6 Å². The van der Waals surface area contributed by atoms with Gasteiger partial charge in [-0.05, 0) is 40.7 Å². The molecule has 0 N–H and O–H groups in total. The monoisotopic (exact) mass is 572 g/mol. The van der Waals surface area contributed by atoms with Gasteiger partial charge in [0.05, 0.1) is 12.7 Å². The summed E-state index contributed by atoms with van der Waals surface area (Å²) in [4.78, 5) is 7.13. The quantitative estimate of drug-likeness (QED) is 0.160. The van der Waals surface area contributed by atoms with Crippen molar-refractivity contribution in [3.8, 4) is 17.2 Å². The molecule has 0 bridgehead atoms. The van der Waals surface area contributed by atoms with Crippen molar-refractivity contribution in [2.24, 2.45) is 0 Å². The van der Waals surface area contributed by atoms with Gasteiger partial charge in [-0.15, -0.1) is 0 Å². The number of nitrogens with zero attached hydrogens (tertiary/aromatic N) is 3. The molecule has 3 rings (SSSR count). The fourth-order valence-electron chi connectivity index (χ4n) is 3.49. The number of fused-ring (bicyclic) bond motifs is 2. The van der Waals surface area contributed by atoms with E-state index in [4.69, 9.17) is 14.1 Å². The van der Waals surface area contributed by atoms with Gasteiger partial charge in [0.1, 0.15) is 24.3 Å². The van der Waals surface area contributed by atoms with Crippen LogP contribution in [-0.4, -0.2) is 37.8 Å². The van der Waals surface area contributed by atoms with Crippen LogP contribution < -0.4 is 69.2 Å². The van der Waals surface area contributed by atoms with Crippen LogP contribution in [0.2, 0.25) is 0 Å². The number of rotatable bonds is 7. The van der Waals surface area contributed by atoms with Crippen molar-refractivity contribution in [2.45, 2.75) is 34.6 Å². The summed E-state index contributed by atoms with van der Waals surface area (Å²) in [5, 5.41) is 1.15. The van der Waals surface area contributed by atoms with E-state index in [1.165, 1.54) is 0 Å². The number of halogens is 4. The predicted octanol–water partition coefficient (Wildman–Crippen LogP) is -8.00. The van der Waals surface area contributed by atoms with Gasteiger partial charge >= 0.3 is 19.5 Å². The van der Waals surface area contributed by atoms with Crippen LogP contribution in [0.4, 0.5) is 5.69 Å². The van der Waals surface area contributed by atoms with Crippen molar-refractivity contribution in [2.75, 3.05) is 37.7 Å². The van der Waals surface area contributed by atoms with E-state index >= 15 is 0 Å². The van der Waals surface area contributed by atoms with Crippen LogP contribution in [0, 0.1) is 0 Å². The van der Waals surface area contributed by atoms with Crippen LogP contribution in [0.15, 0.2) is 34.7 Å². The second kappa shape index (κ2) is 16.8. The molecule has 0 amide bonds. The normalized spacial score (nSPS) is 9.41. The van der Waals surface area contributed by atoms with Gasteiger partial charge in [0.25, 0.3) is 0 Å². The zero-order chi connectivity index (χ0) is 19.4. The smallest absolute Gasteiger partial charge is 1.00 e. The SMILES string of the molecule is CCOc1cc(N(CC)CC)cc2oc3cc(=[N+](CC)CC)ccc-3nc12.[Cl-].[Cl-].[Cl-].[Cl-].[Zn+2]. The molecule has 1 aromatic carbocycles. The summed E-state index contributed by atoms with van der Waals surface area (Å²) in [6, 6.07) is 10.4. The van der Waals surface area contributed by atoms with Crippen molar-refractivity contribution in [1.82, 2.24) is 9.56 Å². The minimum atomic E-state index is 0. The fourth-order valence-corrected chi connectivity index (χ4v) is 3.49. The van der Waals surface area contributed by atoms with Crippen molar-refractivity contribution in [3.05, 3.63) is 35.7 Å². The maximum atomic E-state index is 6.30. The van der Waals surface area contributed by atoms with Gasteiger partial charge < -0.3 is 63.7 Å². The van der Waals surface area contributed by atoms with Crippen LogP contribution in [0.1, 0.15) is 34.6 Å². The maximum absolute atomic E-state index is 6.30. The first-order valence-corrected chi connectivity index (χ1v) is 9.99. The van der Waals surface area contributed by atoms with Crippen molar-refractivity contribution < 1.29 is 78.3 Å². The summed E-state index contributed by atoms with van der Waals surface area (Å²) in [6.45, 7) is 15.0. The maximum Gasteiger partial charge on any atom is 2.00 e. The standard InChI is InChI=1S/C22H30N3O2.4ClH.Zn/c1-6-24(7-2)16-11-12-18-19(13-16)27-21-15-17(25(8-3)9-4)14-20(26-10-5)22(21)23-18;;;;;/h11-15H,6-10H2,1-5H3;4*1H;/q+1;;;;;+2/p-4. The minimum absolute atomic E-state index is 0. The van der Waals surface area contributed by atoms with Gasteiger partial charge in [-0.1, -0.05) is 0 Å². The number of benzene rings is 2. The van der Waals surface area contributed by atoms with Gasteiger partial charge in [0.15, 0.2) is 17.1 Å². The number of hydrogen-bond donors (Lipinski definition) is 0. The molecule has 0 radical (unpaired) electrons. The predicted molar refractivity (Wildman–Crippen MR) is 112 cm³/mol. The van der Waals surface area contributed by atoms with E-state index in [0.29, 0.717) is 6.61 Å². The Morgan fingerprint density at radius 1 is 0.906 bits per heavy atom. The molecule has 1 aliphatic carbocycles. The van der Waals surface area contributed by atoms with Gasteiger partial charge in [-0.25, -0.2) is 9.56 Å². The molecule has 0 saturated carbocycles. The van der Waals surface area contributed by atoms with Gasteiger partial charge in [0, 0.05) is 37.0 Å². The van der Waals surface area contributed by atoms with Gasteiger partial charge in [-0.3, -0.25) is 0 Å². The summed E-state index contributed by atoms with van der Waals surface area (Å²) < 4.78 is 14.5. The second-order valence-electron chi connectivity index (χ2n) is 6.43. The Morgan fingerprint density at radius 2 is 1.53 bits per heavy atom. The molecule has 176 valence electrons. The molecule has 0 spiro atoms. The van der Waals surface area contributed by atoms with Crippen LogP contribution in [0.3, 0.4) is 0 Å². The van der Waals surface area contributed by atoms with E-state index in [2.05, 4.69) is 61.4 Å². The largest absolute Gasteiger partial charge is 2.00 e. The molecule has 0 aromatic heterocycles. The van der Waals surface area contributed by atoms with Crippen LogP contribution in [-0.2, 0) is 19.5 Å². The van der Waals surface area contributed by atoms with E-state index in [1.54, 1.807) is 0 Å². The molecule has 2 aliphatic rings. The van der Waals surface area contributed by atoms with Crippen molar-refractivity contribution in [3.63, 3.8) is 0 Å². The number of hydrogen-bond acceptors (Lipinski definition) is 4. The van der Waals surface area contributed by atoms with Crippen molar-refractivity contribution >= 4 is 16.8 Å². The average molecular weight is 576 g/mol. The number of ether oxygens (including phenoxy) is 1. The second-order valence-corrected chi connectivity index (χ2v) is 6.43. The number of anilines is 1. The van der Waals surface area contributed by atoms with E-state index in [9.17, 15) is 0 Å². The Bertz CT molecular complexity index is 975. The van der Waals surface area contributed by atoms with E-state index in [-0.39, 0.29) is 69.1 Å². The Hall–Kier alpha value is -0.777. The molecule has 5 nitrogen and oxygen atoms in total. The first kappa shape index (κ1) is 35.8. The van der Waals surface area contributed by atoms with E-state index in [1.807, 2.05) is 13.0 Å². The zero-order valence-electron chi connectivity index (χ0n) is 19.3. The van der Waals surface area contributed by atoms with Crippen LogP contribution >= 0.6 is 0 Å². The van der Waals surface area contributed by atoms with E-state index in [0.717, 1.165) is 65.5 Å². The minimum Gasteiger partial charge on any atom is -1.00 e. The molecular formula is C22H30Cl4N3O2Zn-. The van der Waals surface area contributed by atoms with Crippen LogP contribution in [0.5, 0.6) is 5.75 Å². The molecule has 1 aromatic rings. The summed E-state index contributed by atoms with van der Waals surface area (Å²) in [5.74, 6) is 1.57. The first-order chi connectivity index (χ1) is 13.1. The Morgan fingerprint density at radius 3 is 2.06 bits per heavy atom. The summed E-state index contributed by atoms with van der Waals surface area (Å²) in [7, 11) is 0. The van der Waals surface area contributed by atoms with Gasteiger partial charge in [0.2, 0.25) is 5.36 Å².